The van der Waals surface area contributed by atoms with Gasteiger partial charge in [-0.15, -0.1) is 0 Å². The summed E-state index contributed by atoms with van der Waals surface area (Å²) in [7, 11) is 1.82. The van der Waals surface area contributed by atoms with Gasteiger partial charge in [-0.3, -0.25) is 4.79 Å². The lowest BCUT2D eigenvalue weighted by molar-refractivity contribution is 0.0780. The number of amides is 1. The summed E-state index contributed by atoms with van der Waals surface area (Å²) in [4.78, 5) is 21.2. The fourth-order valence-corrected chi connectivity index (χ4v) is 3.25. The molecule has 0 bridgehead atoms. The first-order valence-corrected chi connectivity index (χ1v) is 8.19. The Morgan fingerprint density at radius 3 is 2.81 bits per heavy atom. The average molecular weight is 312 g/mol. The smallest absolute Gasteiger partial charge is 0.267 e. The second-order valence-electron chi connectivity index (χ2n) is 5.51. The van der Waals surface area contributed by atoms with Crippen molar-refractivity contribution in [2.45, 2.75) is 20.3 Å². The van der Waals surface area contributed by atoms with Crippen LogP contribution in [0.5, 0.6) is 0 Å². The molecule has 0 aromatic carbocycles. The maximum Gasteiger partial charge on any atom is 0.267 e. The Balaban J connectivity index is 2.08. The standard InChI is InChI=1S/C14H24N4O2S/c1-4-10(2)9-17(3)13(19)11-12(15)16-14(21-11)18-5-7-20-8-6-18/h10H,4-9,15H2,1-3H3. The average Bonchev–Trinajstić information content (AvgIpc) is 2.89. The van der Waals surface area contributed by atoms with Crippen LogP contribution in [0.3, 0.4) is 0 Å². The molecule has 0 saturated carbocycles. The molecule has 0 radical (unpaired) electrons. The van der Waals surface area contributed by atoms with Crippen molar-refractivity contribution in [2.24, 2.45) is 5.92 Å². The molecule has 7 heteroatoms. The minimum absolute atomic E-state index is 0.0372. The normalized spacial score (nSPS) is 16.8. The number of morpholine rings is 1. The third-order valence-corrected chi connectivity index (χ3v) is 4.87. The number of thiazole rings is 1. The van der Waals surface area contributed by atoms with Gasteiger partial charge >= 0.3 is 0 Å². The van der Waals surface area contributed by atoms with Gasteiger partial charge in [0.05, 0.1) is 13.2 Å². The van der Waals surface area contributed by atoms with Crippen molar-refractivity contribution < 1.29 is 9.53 Å². The second kappa shape index (κ2) is 7.09. The number of anilines is 2. The van der Waals surface area contributed by atoms with E-state index >= 15 is 0 Å². The summed E-state index contributed by atoms with van der Waals surface area (Å²) in [6.45, 7) is 7.97. The molecule has 1 aromatic rings. The van der Waals surface area contributed by atoms with Gasteiger partial charge in [-0.25, -0.2) is 4.98 Å². The third-order valence-electron chi connectivity index (χ3n) is 3.75. The van der Waals surface area contributed by atoms with E-state index in [9.17, 15) is 4.79 Å². The van der Waals surface area contributed by atoms with Crippen LogP contribution >= 0.6 is 11.3 Å². The number of nitrogen functional groups attached to an aromatic ring is 1. The molecule has 1 unspecified atom stereocenters. The van der Waals surface area contributed by atoms with E-state index in [2.05, 4.69) is 23.7 Å². The number of nitrogens with zero attached hydrogens (tertiary/aromatic N) is 3. The molecule has 2 heterocycles. The van der Waals surface area contributed by atoms with Crippen molar-refractivity contribution >= 4 is 28.2 Å². The fourth-order valence-electron chi connectivity index (χ4n) is 2.22. The van der Waals surface area contributed by atoms with Crippen molar-refractivity contribution in [3.63, 3.8) is 0 Å². The zero-order valence-electron chi connectivity index (χ0n) is 13.0. The molecule has 6 nitrogen and oxygen atoms in total. The van der Waals surface area contributed by atoms with E-state index in [1.807, 2.05) is 7.05 Å². The van der Waals surface area contributed by atoms with Crippen LogP contribution in [0.25, 0.3) is 0 Å². The Morgan fingerprint density at radius 1 is 1.52 bits per heavy atom. The Labute approximate surface area is 129 Å². The lowest BCUT2D eigenvalue weighted by Gasteiger charge is -2.26. The van der Waals surface area contributed by atoms with Crippen LogP contribution in [0.1, 0.15) is 29.9 Å². The highest BCUT2D eigenvalue weighted by molar-refractivity contribution is 7.18. The van der Waals surface area contributed by atoms with Crippen molar-refractivity contribution in [1.82, 2.24) is 9.88 Å². The third kappa shape index (κ3) is 3.85. The van der Waals surface area contributed by atoms with Crippen LogP contribution in [0.15, 0.2) is 0 Å². The Hall–Kier alpha value is -1.34. The quantitative estimate of drug-likeness (QED) is 0.895. The highest BCUT2D eigenvalue weighted by Crippen LogP contribution is 2.29. The van der Waals surface area contributed by atoms with E-state index in [-0.39, 0.29) is 5.91 Å². The fraction of sp³-hybridized carbons (Fsp3) is 0.714. The molecule has 1 amide bonds. The molecule has 1 atom stereocenters. The number of ether oxygens (including phenoxy) is 1. The molecule has 1 aliphatic heterocycles. The van der Waals surface area contributed by atoms with Gasteiger partial charge in [-0.05, 0) is 5.92 Å². The van der Waals surface area contributed by atoms with E-state index < -0.39 is 0 Å². The molecule has 2 N–H and O–H groups in total. The lowest BCUT2D eigenvalue weighted by atomic mass is 10.1. The second-order valence-corrected chi connectivity index (χ2v) is 6.49. The number of nitrogens with two attached hydrogens (primary N) is 1. The zero-order valence-corrected chi connectivity index (χ0v) is 13.8. The SMILES string of the molecule is CCC(C)CN(C)C(=O)c1sc(N2CCOCC2)nc1N. The zero-order chi connectivity index (χ0) is 15.4. The van der Waals surface area contributed by atoms with Crippen molar-refractivity contribution in [3.8, 4) is 0 Å². The van der Waals surface area contributed by atoms with Gasteiger partial charge in [0.1, 0.15) is 10.7 Å². The number of carbonyl (C=O) groups excluding carboxylic acids is 1. The highest BCUT2D eigenvalue weighted by Gasteiger charge is 2.23. The summed E-state index contributed by atoms with van der Waals surface area (Å²) in [5.74, 6) is 0.777. The lowest BCUT2D eigenvalue weighted by Crippen LogP contribution is -2.36. The van der Waals surface area contributed by atoms with Gasteiger partial charge in [0, 0.05) is 26.7 Å². The number of hydrogen-bond acceptors (Lipinski definition) is 6. The highest BCUT2D eigenvalue weighted by atomic mass is 32.1. The predicted molar refractivity (Wildman–Crippen MR) is 86.0 cm³/mol. The van der Waals surface area contributed by atoms with Crippen molar-refractivity contribution in [2.75, 3.05) is 50.5 Å². The summed E-state index contributed by atoms with van der Waals surface area (Å²) < 4.78 is 5.33. The number of rotatable bonds is 5. The van der Waals surface area contributed by atoms with Gasteiger partial charge < -0.3 is 20.3 Å². The van der Waals surface area contributed by atoms with Crippen molar-refractivity contribution in [1.29, 1.82) is 0 Å². The Morgan fingerprint density at radius 2 is 2.19 bits per heavy atom. The number of aromatic nitrogens is 1. The Bertz CT molecular complexity index is 485. The number of hydrogen-bond donors (Lipinski definition) is 1. The maximum absolute atomic E-state index is 12.5. The largest absolute Gasteiger partial charge is 0.382 e. The predicted octanol–water partition coefficient (Wildman–Crippen LogP) is 1.68. The van der Waals surface area contributed by atoms with Gasteiger partial charge in [0.25, 0.3) is 5.91 Å². The number of carbonyl (C=O) groups is 1. The summed E-state index contributed by atoms with van der Waals surface area (Å²) in [6, 6.07) is 0. The van der Waals surface area contributed by atoms with Crippen LogP contribution in [-0.2, 0) is 4.74 Å². The topological polar surface area (TPSA) is 71.7 Å². The molecule has 0 aliphatic carbocycles. The van der Waals surface area contributed by atoms with Crippen LogP contribution in [0.2, 0.25) is 0 Å². The monoisotopic (exact) mass is 312 g/mol. The van der Waals surface area contributed by atoms with Crippen LogP contribution in [0.4, 0.5) is 10.9 Å². The molecule has 2 rings (SSSR count). The first-order valence-electron chi connectivity index (χ1n) is 7.37. The molecular weight excluding hydrogens is 288 g/mol. The van der Waals surface area contributed by atoms with Crippen LogP contribution in [0, 0.1) is 5.92 Å². The van der Waals surface area contributed by atoms with Gasteiger partial charge in [0.2, 0.25) is 0 Å². The Kier molecular flexibility index (Phi) is 5.41. The molecule has 1 fully saturated rings. The van der Waals surface area contributed by atoms with E-state index in [1.54, 1.807) is 4.90 Å². The van der Waals surface area contributed by atoms with Crippen LogP contribution < -0.4 is 10.6 Å². The van der Waals surface area contributed by atoms with Crippen molar-refractivity contribution in [3.05, 3.63) is 4.88 Å². The maximum atomic E-state index is 12.5. The summed E-state index contributed by atoms with van der Waals surface area (Å²) in [5.41, 5.74) is 5.94. The molecule has 1 saturated heterocycles. The van der Waals surface area contributed by atoms with Gasteiger partial charge in [0.15, 0.2) is 5.13 Å². The molecule has 0 spiro atoms. The van der Waals surface area contributed by atoms with E-state index in [4.69, 9.17) is 10.5 Å². The minimum Gasteiger partial charge on any atom is -0.382 e. The first-order chi connectivity index (χ1) is 10.0. The van der Waals surface area contributed by atoms with Gasteiger partial charge in [-0.1, -0.05) is 31.6 Å². The molecule has 1 aliphatic rings. The van der Waals surface area contributed by atoms with Gasteiger partial charge in [-0.2, -0.15) is 0 Å². The summed E-state index contributed by atoms with van der Waals surface area (Å²) in [6.07, 6.45) is 1.05. The van der Waals surface area contributed by atoms with E-state index in [0.29, 0.717) is 29.8 Å². The summed E-state index contributed by atoms with van der Waals surface area (Å²) >= 11 is 1.38. The molecular formula is C14H24N4O2S. The minimum atomic E-state index is -0.0372. The summed E-state index contributed by atoms with van der Waals surface area (Å²) in [5, 5.41) is 0.816. The van der Waals surface area contributed by atoms with Crippen LogP contribution in [-0.4, -0.2) is 55.7 Å². The van der Waals surface area contributed by atoms with E-state index in [0.717, 1.165) is 31.2 Å². The molecule has 118 valence electrons. The first kappa shape index (κ1) is 16.0. The molecule has 21 heavy (non-hydrogen) atoms. The molecule has 1 aromatic heterocycles. The van der Waals surface area contributed by atoms with E-state index in [1.165, 1.54) is 11.3 Å².